The van der Waals surface area contributed by atoms with Crippen LogP contribution >= 0.6 is 0 Å². The summed E-state index contributed by atoms with van der Waals surface area (Å²) in [5.74, 6) is -1.36. The van der Waals surface area contributed by atoms with Gasteiger partial charge in [0.2, 0.25) is 0 Å². The van der Waals surface area contributed by atoms with Crippen LogP contribution in [-0.2, 0) is 14.3 Å². The van der Waals surface area contributed by atoms with Gasteiger partial charge in [-0.25, -0.2) is 0 Å². The topological polar surface area (TPSA) is 104 Å². The molecule has 2 atom stereocenters. The Labute approximate surface area is 119 Å². The lowest BCUT2D eigenvalue weighted by atomic mass is 10.9. The molecule has 0 aliphatic carbocycles. The van der Waals surface area contributed by atoms with Gasteiger partial charge in [-0.2, -0.15) is 0 Å². The van der Waals surface area contributed by atoms with Gasteiger partial charge in [0.05, 0.1) is 31.7 Å². The number of unbranched alkanes of at least 4 members (excludes halogenated alkanes) is 3. The Morgan fingerprint density at radius 1 is 0.950 bits per heavy atom. The summed E-state index contributed by atoms with van der Waals surface area (Å²) in [5, 5.41) is 27.4. The number of ether oxygens (including phenoxy) is 1. The van der Waals surface area contributed by atoms with E-state index >= 15 is 0 Å². The van der Waals surface area contributed by atoms with Gasteiger partial charge in [0.25, 0.3) is 0 Å². The van der Waals surface area contributed by atoms with Crippen molar-refractivity contribution in [3.05, 3.63) is 0 Å². The summed E-state index contributed by atoms with van der Waals surface area (Å²) in [5.41, 5.74) is 0. The van der Waals surface area contributed by atoms with E-state index in [4.69, 9.17) is 9.84 Å². The minimum Gasteiger partial charge on any atom is -0.481 e. The zero-order valence-corrected chi connectivity index (χ0v) is 12.1. The quantitative estimate of drug-likeness (QED) is 0.286. The normalized spacial score (nSPS) is 13.8. The first-order valence-electron chi connectivity index (χ1n) is 7.19. The molecular weight excluding hydrogens is 276 g/mol. The highest BCUT2D eigenvalue weighted by Gasteiger charge is 2.11. The second-order valence-electron chi connectivity index (χ2n) is 4.91. The van der Waals surface area contributed by atoms with Gasteiger partial charge in [-0.1, -0.05) is 25.7 Å². The number of aliphatic hydroxyl groups excluding tert-OH is 2. The summed E-state index contributed by atoms with van der Waals surface area (Å²) in [7, 11) is 0. The van der Waals surface area contributed by atoms with Crippen molar-refractivity contribution >= 4 is 11.9 Å². The molecule has 0 saturated carbocycles. The molecule has 0 bridgehead atoms. The number of aliphatic hydroxyl groups is 2. The zero-order valence-electron chi connectivity index (χ0n) is 12.1. The van der Waals surface area contributed by atoms with Crippen molar-refractivity contribution in [1.29, 1.82) is 0 Å². The van der Waals surface area contributed by atoms with Crippen LogP contribution in [0.4, 0.5) is 0 Å². The number of carbonyl (C=O) groups is 2. The number of aliphatic carboxylic acids is 1. The smallest absolute Gasteiger partial charge is 0.308 e. The highest BCUT2D eigenvalue weighted by Crippen LogP contribution is 2.12. The second-order valence-corrected chi connectivity index (χ2v) is 4.91. The summed E-state index contributed by atoms with van der Waals surface area (Å²) in [6, 6.07) is 0. The molecule has 0 radical (unpaired) electrons. The maximum Gasteiger partial charge on any atom is 0.308 e. The number of carboxylic acid groups (broad SMARTS) is 1. The first-order chi connectivity index (χ1) is 9.45. The minimum atomic E-state index is -0.986. The maximum absolute atomic E-state index is 11.1. The molecule has 0 aromatic rings. The van der Waals surface area contributed by atoms with Crippen molar-refractivity contribution in [2.45, 2.75) is 70.5 Å². The first kappa shape index (κ1) is 18.9. The van der Waals surface area contributed by atoms with Crippen LogP contribution in [0.2, 0.25) is 0 Å². The lowest BCUT2D eigenvalue weighted by molar-refractivity contribution is -0.145. The van der Waals surface area contributed by atoms with Crippen LogP contribution in [0.15, 0.2) is 0 Å². The Morgan fingerprint density at radius 2 is 1.45 bits per heavy atom. The molecule has 6 nitrogen and oxygen atoms in total. The Balaban J connectivity index is 3.43. The molecule has 0 spiro atoms. The van der Waals surface area contributed by atoms with E-state index < -0.39 is 18.2 Å². The fourth-order valence-electron chi connectivity index (χ4n) is 1.93. The number of carbonyl (C=O) groups excluding carboxylic acids is 1. The minimum absolute atomic E-state index is 0.0329. The van der Waals surface area contributed by atoms with E-state index in [1.54, 1.807) is 6.92 Å². The monoisotopic (exact) mass is 302 g/mol. The summed E-state index contributed by atoms with van der Waals surface area (Å²) in [4.78, 5) is 21.4. The molecule has 6 heteroatoms. The van der Waals surface area contributed by atoms with Gasteiger partial charge in [0, 0.05) is 0 Å². The summed E-state index contributed by atoms with van der Waals surface area (Å²) >= 11 is 0. The second kappa shape index (κ2) is 11.7. The van der Waals surface area contributed by atoms with Gasteiger partial charge < -0.3 is 20.1 Å². The zero-order chi connectivity index (χ0) is 15.4. The number of hydrogen-bond acceptors (Lipinski definition) is 5. The number of esters is 1. The lowest BCUT2D eigenvalue weighted by Gasteiger charge is -2.10. The molecule has 0 amide bonds. The first-order valence-corrected chi connectivity index (χ1v) is 7.19. The van der Waals surface area contributed by atoms with Crippen LogP contribution in [0.5, 0.6) is 0 Å². The summed E-state index contributed by atoms with van der Waals surface area (Å²) in [6.45, 7) is 2.05. The third-order valence-corrected chi connectivity index (χ3v) is 2.94. The van der Waals surface area contributed by atoms with E-state index in [0.717, 1.165) is 25.7 Å². The molecule has 3 N–H and O–H groups in total. The van der Waals surface area contributed by atoms with Crippen molar-refractivity contribution < 1.29 is 29.6 Å². The SMILES string of the molecule is CCO[13C](=O)[13CH2][13CH](O)[13CH2][13CH2][13CH2][13CH2][13CH2][13CH2][13CH](O)[13CH2][13C](=O)O. The predicted molar refractivity (Wildman–Crippen MR) is 73.2 cm³/mol. The molecule has 0 heterocycles. The van der Waals surface area contributed by atoms with Gasteiger partial charge in [-0.05, 0) is 19.8 Å². The van der Waals surface area contributed by atoms with Gasteiger partial charge in [0.15, 0.2) is 0 Å². The molecule has 0 saturated heterocycles. The molecule has 0 aromatic heterocycles. The van der Waals surface area contributed by atoms with Crippen molar-refractivity contribution in [2.75, 3.05) is 6.61 Å². The van der Waals surface area contributed by atoms with Crippen molar-refractivity contribution in [1.82, 2.24) is 0 Å². The van der Waals surface area contributed by atoms with Crippen LogP contribution < -0.4 is 0 Å². The fourth-order valence-corrected chi connectivity index (χ4v) is 1.93. The Kier molecular flexibility index (Phi) is 11.0. The molecule has 2 unspecified atom stereocenters. The molecule has 0 rings (SSSR count). The van der Waals surface area contributed by atoms with Crippen LogP contribution in [-0.4, -0.2) is 46.1 Å². The molecular formula is C14H26O6. The summed E-state index contributed by atoms with van der Waals surface area (Å²) < 4.78 is 4.74. The Hall–Kier alpha value is -1.14. The standard InChI is InChI=1S/C14H26O6/c1-2-20-14(19)10-12(16)8-6-4-3-5-7-11(15)9-13(17)18/h11-12,15-16H,2-10H2,1H3,(H,17,18)/i3+1,4+1,5+1,6+1,7+1,8+1,9+1,10+1,11+1,12+1,13+1,14+1. The third-order valence-electron chi connectivity index (χ3n) is 2.94. The van der Waals surface area contributed by atoms with Crippen molar-refractivity contribution in [3.63, 3.8) is 0 Å². The van der Waals surface area contributed by atoms with Crippen molar-refractivity contribution in [3.8, 4) is 0 Å². The van der Waals surface area contributed by atoms with Crippen molar-refractivity contribution in [2.24, 2.45) is 0 Å². The van der Waals surface area contributed by atoms with Crippen LogP contribution in [0, 0.1) is 0 Å². The van der Waals surface area contributed by atoms with Gasteiger partial charge in [-0.15, -0.1) is 0 Å². The van der Waals surface area contributed by atoms with E-state index in [1.165, 1.54) is 0 Å². The largest absolute Gasteiger partial charge is 0.481 e. The molecule has 0 aliphatic heterocycles. The van der Waals surface area contributed by atoms with E-state index in [1.807, 2.05) is 0 Å². The van der Waals surface area contributed by atoms with Crippen LogP contribution in [0.25, 0.3) is 0 Å². The Bertz CT molecular complexity index is 279. The lowest BCUT2D eigenvalue weighted by Crippen LogP contribution is -2.15. The predicted octanol–water partition coefficient (Wildman–Crippen LogP) is 1.48. The van der Waals surface area contributed by atoms with Crippen LogP contribution in [0.1, 0.15) is 58.3 Å². The molecule has 20 heavy (non-hydrogen) atoms. The average molecular weight is 302 g/mol. The number of carboxylic acids is 1. The maximum atomic E-state index is 11.1. The fraction of sp³-hybridized carbons (Fsp3) is 0.857. The number of hydrogen-bond donors (Lipinski definition) is 3. The summed E-state index contributed by atoms with van der Waals surface area (Å²) in [6.07, 6.45) is 2.76. The number of rotatable bonds is 12. The molecule has 0 aromatic carbocycles. The average Bonchev–Trinajstić information content (AvgIpc) is 2.32. The molecule has 0 aliphatic rings. The molecule has 118 valence electrons. The molecule has 0 fully saturated rings. The van der Waals surface area contributed by atoms with Gasteiger partial charge in [-0.3, -0.25) is 9.59 Å². The van der Waals surface area contributed by atoms with E-state index in [2.05, 4.69) is 0 Å². The van der Waals surface area contributed by atoms with Crippen LogP contribution in [0.3, 0.4) is 0 Å². The van der Waals surface area contributed by atoms with E-state index in [9.17, 15) is 19.8 Å². The Morgan fingerprint density at radius 3 is 1.90 bits per heavy atom. The van der Waals surface area contributed by atoms with E-state index in [0.29, 0.717) is 19.4 Å². The van der Waals surface area contributed by atoms with E-state index in [-0.39, 0.29) is 18.8 Å². The highest BCUT2D eigenvalue weighted by molar-refractivity contribution is 5.69. The third kappa shape index (κ3) is 11.9. The van der Waals surface area contributed by atoms with Gasteiger partial charge in [0.1, 0.15) is 0 Å². The highest BCUT2D eigenvalue weighted by atomic mass is 16.6. The van der Waals surface area contributed by atoms with Gasteiger partial charge >= 0.3 is 11.9 Å².